The van der Waals surface area contributed by atoms with Crippen molar-refractivity contribution in [2.75, 3.05) is 12.9 Å². The van der Waals surface area contributed by atoms with Crippen molar-refractivity contribution in [3.05, 3.63) is 76.2 Å². The highest BCUT2D eigenvalue weighted by Crippen LogP contribution is 2.39. The number of benzene rings is 2. The van der Waals surface area contributed by atoms with Gasteiger partial charge in [-0.25, -0.2) is 17.2 Å². The monoisotopic (exact) mass is 449 g/mol. The first-order valence-electron chi connectivity index (χ1n) is 9.35. The van der Waals surface area contributed by atoms with Crippen LogP contribution in [-0.2, 0) is 22.6 Å². The minimum atomic E-state index is -3.32. The van der Waals surface area contributed by atoms with Crippen molar-refractivity contribution in [1.82, 2.24) is 4.57 Å². The van der Waals surface area contributed by atoms with Crippen molar-refractivity contribution in [3.8, 4) is 28.4 Å². The molecular weight excluding hydrogens is 428 g/mol. The molecular formula is C22H21F2NO5S. The van der Waals surface area contributed by atoms with Crippen LogP contribution in [0, 0.1) is 11.6 Å². The van der Waals surface area contributed by atoms with Gasteiger partial charge in [0.2, 0.25) is 0 Å². The van der Waals surface area contributed by atoms with Crippen LogP contribution in [-0.4, -0.2) is 25.8 Å². The van der Waals surface area contributed by atoms with Crippen molar-refractivity contribution in [3.63, 3.8) is 0 Å². The normalized spacial score (nSPS) is 11.4. The highest BCUT2D eigenvalue weighted by molar-refractivity contribution is 7.89. The summed E-state index contributed by atoms with van der Waals surface area (Å²) in [5.74, 6) is -1.61. The summed E-state index contributed by atoms with van der Waals surface area (Å²) in [6.07, 6.45) is 2.64. The molecule has 0 aliphatic rings. The van der Waals surface area contributed by atoms with E-state index >= 15 is 0 Å². The van der Waals surface area contributed by atoms with Gasteiger partial charge in [0.1, 0.15) is 17.3 Å². The van der Waals surface area contributed by atoms with Crippen molar-refractivity contribution >= 4 is 9.84 Å². The Hall–Kier alpha value is -3.20. The molecule has 0 spiro atoms. The van der Waals surface area contributed by atoms with E-state index in [0.717, 1.165) is 18.4 Å². The number of sulfone groups is 1. The van der Waals surface area contributed by atoms with E-state index in [2.05, 4.69) is 0 Å². The Labute approximate surface area is 178 Å². The quantitative estimate of drug-likeness (QED) is 0.544. The lowest BCUT2D eigenvalue weighted by atomic mass is 10.0. The lowest BCUT2D eigenvalue weighted by Gasteiger charge is -2.17. The lowest BCUT2D eigenvalue weighted by molar-refractivity contribution is 0.340. The number of aromatic nitrogens is 1. The molecule has 0 radical (unpaired) electrons. The minimum absolute atomic E-state index is 0.183. The molecule has 1 aromatic heterocycles. The summed E-state index contributed by atoms with van der Waals surface area (Å²) in [6.45, 7) is 2.04. The van der Waals surface area contributed by atoms with Crippen molar-refractivity contribution < 1.29 is 26.7 Å². The molecule has 0 saturated heterocycles. The van der Waals surface area contributed by atoms with Gasteiger partial charge in [0, 0.05) is 42.8 Å². The fourth-order valence-electron chi connectivity index (χ4n) is 3.04. The van der Waals surface area contributed by atoms with E-state index in [9.17, 15) is 22.0 Å². The summed E-state index contributed by atoms with van der Waals surface area (Å²) in [6, 6.07) is 8.86. The van der Waals surface area contributed by atoms with E-state index in [4.69, 9.17) is 9.47 Å². The van der Waals surface area contributed by atoms with E-state index in [1.165, 1.54) is 22.9 Å². The van der Waals surface area contributed by atoms with Gasteiger partial charge in [0.15, 0.2) is 21.4 Å². The first-order chi connectivity index (χ1) is 14.6. The number of ether oxygens (including phenoxy) is 2. The smallest absolute Gasteiger partial charge is 0.254 e. The Morgan fingerprint density at radius 3 is 2.32 bits per heavy atom. The van der Waals surface area contributed by atoms with E-state index in [1.807, 2.05) is 0 Å². The molecule has 3 aromatic rings. The third-order valence-corrected chi connectivity index (χ3v) is 5.22. The van der Waals surface area contributed by atoms with E-state index in [1.54, 1.807) is 26.1 Å². The van der Waals surface area contributed by atoms with Crippen LogP contribution < -0.4 is 15.0 Å². The van der Waals surface area contributed by atoms with Gasteiger partial charge in [0.05, 0.1) is 12.4 Å². The van der Waals surface area contributed by atoms with Gasteiger partial charge in [-0.1, -0.05) is 6.07 Å². The number of hydrogen-bond acceptors (Lipinski definition) is 5. The first kappa shape index (κ1) is 22.5. The molecule has 0 amide bonds. The Morgan fingerprint density at radius 2 is 1.68 bits per heavy atom. The molecule has 9 heteroatoms. The van der Waals surface area contributed by atoms with Gasteiger partial charge in [-0.05, 0) is 36.8 Å². The highest BCUT2D eigenvalue weighted by Gasteiger charge is 2.18. The summed E-state index contributed by atoms with van der Waals surface area (Å²) in [4.78, 5) is 12.1. The van der Waals surface area contributed by atoms with Crippen LogP contribution in [0.1, 0.15) is 12.5 Å². The number of nitrogens with zero attached hydrogens (tertiary/aromatic N) is 1. The van der Waals surface area contributed by atoms with E-state index in [0.29, 0.717) is 22.8 Å². The molecule has 0 unspecified atom stereocenters. The molecule has 164 valence electrons. The Bertz CT molecular complexity index is 1290. The first-order valence-corrected chi connectivity index (χ1v) is 11.4. The molecule has 0 atom stereocenters. The minimum Gasteiger partial charge on any atom is -0.493 e. The van der Waals surface area contributed by atoms with E-state index < -0.39 is 21.5 Å². The number of rotatable bonds is 7. The number of halogens is 2. The number of pyridine rings is 1. The molecule has 0 N–H and O–H groups in total. The molecule has 0 bridgehead atoms. The maximum Gasteiger partial charge on any atom is 0.254 e. The molecule has 0 aliphatic carbocycles. The SMILES string of the molecule is CCOc1cc(=O)n(C)cc1-c1cc(CS(C)(=O)=O)ccc1Oc1ccc(F)cc1F. The summed E-state index contributed by atoms with van der Waals surface area (Å²) in [5, 5.41) is 0. The van der Waals surface area contributed by atoms with Gasteiger partial charge >= 0.3 is 0 Å². The molecule has 3 rings (SSSR count). The predicted octanol–water partition coefficient (Wildman–Crippen LogP) is 4.07. The zero-order valence-electron chi connectivity index (χ0n) is 17.2. The van der Waals surface area contributed by atoms with Crippen LogP contribution in [0.25, 0.3) is 11.1 Å². The molecule has 6 nitrogen and oxygen atoms in total. The largest absolute Gasteiger partial charge is 0.493 e. The second-order valence-electron chi connectivity index (χ2n) is 7.01. The molecule has 1 heterocycles. The average Bonchev–Trinajstić information content (AvgIpc) is 2.67. The van der Waals surface area contributed by atoms with Crippen molar-refractivity contribution in [1.29, 1.82) is 0 Å². The third kappa shape index (κ3) is 5.49. The fraction of sp³-hybridized carbons (Fsp3) is 0.227. The van der Waals surface area contributed by atoms with Crippen LogP contribution in [0.2, 0.25) is 0 Å². The van der Waals surface area contributed by atoms with Gasteiger partial charge in [0.25, 0.3) is 5.56 Å². The molecule has 2 aromatic carbocycles. The third-order valence-electron chi connectivity index (χ3n) is 4.37. The van der Waals surface area contributed by atoms with Gasteiger partial charge in [-0.15, -0.1) is 0 Å². The average molecular weight is 449 g/mol. The topological polar surface area (TPSA) is 74.6 Å². The van der Waals surface area contributed by atoms with Crippen LogP contribution in [0.15, 0.2) is 53.5 Å². The molecule has 31 heavy (non-hydrogen) atoms. The van der Waals surface area contributed by atoms with Crippen LogP contribution in [0.4, 0.5) is 8.78 Å². The zero-order valence-corrected chi connectivity index (χ0v) is 18.0. The Morgan fingerprint density at radius 1 is 0.968 bits per heavy atom. The fourth-order valence-corrected chi connectivity index (χ4v) is 3.82. The molecule has 0 aliphatic heterocycles. The van der Waals surface area contributed by atoms with Gasteiger partial charge < -0.3 is 14.0 Å². The second kappa shape index (κ2) is 8.89. The summed E-state index contributed by atoms with van der Waals surface area (Å²) < 4.78 is 63.6. The maximum atomic E-state index is 14.2. The van der Waals surface area contributed by atoms with Crippen molar-refractivity contribution in [2.24, 2.45) is 7.05 Å². The van der Waals surface area contributed by atoms with Crippen LogP contribution >= 0.6 is 0 Å². The summed E-state index contributed by atoms with van der Waals surface area (Å²) in [7, 11) is -1.77. The maximum absolute atomic E-state index is 14.2. The molecule has 0 saturated carbocycles. The van der Waals surface area contributed by atoms with Crippen LogP contribution in [0.3, 0.4) is 0 Å². The van der Waals surface area contributed by atoms with Crippen LogP contribution in [0.5, 0.6) is 17.2 Å². The standard InChI is InChI=1S/C22H21F2NO5S/c1-4-29-21-11-22(26)25(2)12-17(21)16-9-14(13-31(3,27)28)5-7-19(16)30-20-8-6-15(23)10-18(20)24/h5-12H,4,13H2,1-3H3. The van der Waals surface area contributed by atoms with Crippen molar-refractivity contribution in [2.45, 2.75) is 12.7 Å². The van der Waals surface area contributed by atoms with Gasteiger partial charge in [-0.2, -0.15) is 0 Å². The highest BCUT2D eigenvalue weighted by atomic mass is 32.2. The predicted molar refractivity (Wildman–Crippen MR) is 113 cm³/mol. The molecule has 0 fully saturated rings. The Kier molecular flexibility index (Phi) is 6.45. The van der Waals surface area contributed by atoms with E-state index in [-0.39, 0.29) is 35.2 Å². The number of hydrogen-bond donors (Lipinski definition) is 0. The number of aryl methyl sites for hydroxylation is 1. The lowest BCUT2D eigenvalue weighted by Crippen LogP contribution is -2.16. The second-order valence-corrected chi connectivity index (χ2v) is 9.15. The Balaban J connectivity index is 2.21. The zero-order chi connectivity index (χ0) is 22.8. The summed E-state index contributed by atoms with van der Waals surface area (Å²) in [5.41, 5.74) is 1.02. The summed E-state index contributed by atoms with van der Waals surface area (Å²) >= 11 is 0. The van der Waals surface area contributed by atoms with Gasteiger partial charge in [-0.3, -0.25) is 4.79 Å².